The van der Waals surface area contributed by atoms with E-state index in [1.165, 1.54) is 5.56 Å². The SMILES string of the molecule is Cc1ccc([C@@H](NC(=O)CN(C)Cc2nc3ccccc3c(=O)[nH]2)C2CC2)cc1. The van der Waals surface area contributed by atoms with E-state index in [0.29, 0.717) is 29.2 Å². The van der Waals surface area contributed by atoms with Crippen molar-refractivity contribution in [2.45, 2.75) is 32.4 Å². The molecule has 0 radical (unpaired) electrons. The van der Waals surface area contributed by atoms with Crippen molar-refractivity contribution < 1.29 is 4.79 Å². The average molecular weight is 390 g/mol. The first-order valence-electron chi connectivity index (χ1n) is 10.0. The lowest BCUT2D eigenvalue weighted by Gasteiger charge is -2.22. The lowest BCUT2D eigenvalue weighted by atomic mass is 10.0. The molecule has 29 heavy (non-hydrogen) atoms. The minimum absolute atomic E-state index is 0.0203. The minimum atomic E-state index is -0.156. The van der Waals surface area contributed by atoms with Crippen LogP contribution < -0.4 is 10.9 Å². The molecule has 0 spiro atoms. The molecule has 1 atom stereocenters. The third kappa shape index (κ3) is 4.71. The Balaban J connectivity index is 1.40. The van der Waals surface area contributed by atoms with Crippen LogP contribution >= 0.6 is 0 Å². The van der Waals surface area contributed by atoms with E-state index in [2.05, 4.69) is 46.5 Å². The van der Waals surface area contributed by atoms with E-state index < -0.39 is 0 Å². The molecule has 6 nitrogen and oxygen atoms in total. The number of hydrogen-bond donors (Lipinski definition) is 2. The second-order valence-electron chi connectivity index (χ2n) is 8.00. The number of aryl methyl sites for hydroxylation is 1. The molecule has 2 N–H and O–H groups in total. The first kappa shape index (κ1) is 19.3. The van der Waals surface area contributed by atoms with Gasteiger partial charge in [-0.05, 0) is 50.4 Å². The zero-order valence-electron chi connectivity index (χ0n) is 16.8. The van der Waals surface area contributed by atoms with Crippen LogP contribution in [0.5, 0.6) is 0 Å². The lowest BCUT2D eigenvalue weighted by molar-refractivity contribution is -0.123. The van der Waals surface area contributed by atoms with Crippen LogP contribution in [0.4, 0.5) is 0 Å². The maximum absolute atomic E-state index is 12.7. The Morgan fingerprint density at radius 1 is 1.21 bits per heavy atom. The van der Waals surface area contributed by atoms with Gasteiger partial charge >= 0.3 is 0 Å². The van der Waals surface area contributed by atoms with Gasteiger partial charge in [-0.1, -0.05) is 42.0 Å². The van der Waals surface area contributed by atoms with Crippen molar-refractivity contribution in [1.82, 2.24) is 20.2 Å². The van der Waals surface area contributed by atoms with Gasteiger partial charge in [-0.25, -0.2) is 4.98 Å². The highest BCUT2D eigenvalue weighted by atomic mass is 16.2. The van der Waals surface area contributed by atoms with E-state index in [1.54, 1.807) is 6.07 Å². The van der Waals surface area contributed by atoms with Crippen LogP contribution in [0.15, 0.2) is 53.3 Å². The molecule has 150 valence electrons. The van der Waals surface area contributed by atoms with Crippen molar-refractivity contribution >= 4 is 16.8 Å². The number of aromatic nitrogens is 2. The normalized spacial score (nSPS) is 14.9. The van der Waals surface area contributed by atoms with Gasteiger partial charge in [-0.2, -0.15) is 0 Å². The van der Waals surface area contributed by atoms with Gasteiger partial charge in [-0.15, -0.1) is 0 Å². The number of rotatable bonds is 7. The molecule has 1 amide bonds. The van der Waals surface area contributed by atoms with Crippen molar-refractivity contribution in [3.05, 3.63) is 75.8 Å². The highest BCUT2D eigenvalue weighted by Gasteiger charge is 2.33. The highest BCUT2D eigenvalue weighted by Crippen LogP contribution is 2.41. The molecule has 1 aromatic heterocycles. The fourth-order valence-corrected chi connectivity index (χ4v) is 3.66. The van der Waals surface area contributed by atoms with E-state index in [-0.39, 0.29) is 24.1 Å². The number of H-pyrrole nitrogens is 1. The Kier molecular flexibility index (Phi) is 5.45. The fraction of sp³-hybridized carbons (Fsp3) is 0.348. The molecule has 6 heteroatoms. The summed E-state index contributed by atoms with van der Waals surface area (Å²) in [5.74, 6) is 1.06. The molecule has 1 saturated carbocycles. The maximum Gasteiger partial charge on any atom is 0.258 e. The molecule has 1 aliphatic carbocycles. The van der Waals surface area contributed by atoms with Gasteiger partial charge in [0.2, 0.25) is 5.91 Å². The minimum Gasteiger partial charge on any atom is -0.348 e. The van der Waals surface area contributed by atoms with Gasteiger partial charge < -0.3 is 10.3 Å². The number of amides is 1. The number of aromatic amines is 1. The summed E-state index contributed by atoms with van der Waals surface area (Å²) in [6.07, 6.45) is 2.30. The van der Waals surface area contributed by atoms with Crippen LogP contribution in [0.25, 0.3) is 10.9 Å². The van der Waals surface area contributed by atoms with Crippen LogP contribution in [-0.4, -0.2) is 34.4 Å². The van der Waals surface area contributed by atoms with Gasteiger partial charge in [0.1, 0.15) is 5.82 Å². The molecular weight excluding hydrogens is 364 g/mol. The Morgan fingerprint density at radius 3 is 2.66 bits per heavy atom. The molecule has 0 saturated heterocycles. The number of carbonyl (C=O) groups excluding carboxylic acids is 1. The van der Waals surface area contributed by atoms with Crippen molar-refractivity contribution in [1.29, 1.82) is 0 Å². The topological polar surface area (TPSA) is 78.1 Å². The van der Waals surface area contributed by atoms with E-state index in [4.69, 9.17) is 0 Å². The number of carbonyl (C=O) groups is 1. The zero-order valence-corrected chi connectivity index (χ0v) is 16.8. The number of hydrogen-bond acceptors (Lipinski definition) is 4. The average Bonchev–Trinajstić information content (AvgIpc) is 3.52. The van der Waals surface area contributed by atoms with E-state index in [0.717, 1.165) is 18.4 Å². The summed E-state index contributed by atoms with van der Waals surface area (Å²) < 4.78 is 0. The quantitative estimate of drug-likeness (QED) is 0.650. The molecule has 1 fully saturated rings. The Hall–Kier alpha value is -2.99. The summed E-state index contributed by atoms with van der Waals surface area (Å²) in [7, 11) is 1.85. The molecule has 2 aromatic carbocycles. The van der Waals surface area contributed by atoms with Gasteiger partial charge in [0, 0.05) is 0 Å². The Bertz CT molecular complexity index is 1070. The molecule has 0 unspecified atom stereocenters. The summed E-state index contributed by atoms with van der Waals surface area (Å²) in [6, 6.07) is 15.7. The highest BCUT2D eigenvalue weighted by molar-refractivity contribution is 5.79. The summed E-state index contributed by atoms with van der Waals surface area (Å²) in [6.45, 7) is 2.70. The molecule has 1 aliphatic rings. The number of nitrogens with zero attached hydrogens (tertiary/aromatic N) is 2. The van der Waals surface area contributed by atoms with Crippen molar-refractivity contribution in [2.24, 2.45) is 5.92 Å². The largest absolute Gasteiger partial charge is 0.348 e. The van der Waals surface area contributed by atoms with Crippen LogP contribution in [0.3, 0.4) is 0 Å². The summed E-state index contributed by atoms with van der Waals surface area (Å²) in [4.78, 5) is 34.1. The monoisotopic (exact) mass is 390 g/mol. The summed E-state index contributed by atoms with van der Waals surface area (Å²) in [5.41, 5.74) is 2.88. The number of fused-ring (bicyclic) bond motifs is 1. The second-order valence-corrected chi connectivity index (χ2v) is 8.00. The summed E-state index contributed by atoms with van der Waals surface area (Å²) >= 11 is 0. The second kappa shape index (κ2) is 8.17. The van der Waals surface area contributed by atoms with E-state index in [1.807, 2.05) is 30.1 Å². The first-order chi connectivity index (χ1) is 14.0. The number of para-hydroxylation sites is 1. The van der Waals surface area contributed by atoms with E-state index in [9.17, 15) is 9.59 Å². The molecular formula is C23H26N4O2. The van der Waals surface area contributed by atoms with E-state index >= 15 is 0 Å². The van der Waals surface area contributed by atoms with Crippen LogP contribution in [0.2, 0.25) is 0 Å². The van der Waals surface area contributed by atoms with Gasteiger partial charge in [0.25, 0.3) is 5.56 Å². The third-order valence-electron chi connectivity index (χ3n) is 5.34. The molecule has 1 heterocycles. The van der Waals surface area contributed by atoms with Crippen LogP contribution in [-0.2, 0) is 11.3 Å². The van der Waals surface area contributed by atoms with Gasteiger partial charge in [0.15, 0.2) is 0 Å². The molecule has 4 rings (SSSR count). The smallest absolute Gasteiger partial charge is 0.258 e. The predicted molar refractivity (Wildman–Crippen MR) is 113 cm³/mol. The lowest BCUT2D eigenvalue weighted by Crippen LogP contribution is -2.38. The number of likely N-dealkylation sites (N-methyl/N-ethyl adjacent to an activating group) is 1. The van der Waals surface area contributed by atoms with Crippen LogP contribution in [0.1, 0.15) is 35.8 Å². The molecule has 0 bridgehead atoms. The van der Waals surface area contributed by atoms with Gasteiger partial charge in [-0.3, -0.25) is 14.5 Å². The standard InChI is InChI=1S/C23H26N4O2/c1-15-7-9-16(10-8-15)22(17-11-12-17)26-21(28)14-27(2)13-20-24-19-6-4-3-5-18(19)23(29)25-20/h3-10,17,22H,11-14H2,1-2H3,(H,26,28)(H,24,25,29)/t22-/m1/s1. The maximum atomic E-state index is 12.7. The predicted octanol–water partition coefficient (Wildman–Crippen LogP) is 2.93. The third-order valence-corrected chi connectivity index (χ3v) is 5.34. The Morgan fingerprint density at radius 2 is 1.93 bits per heavy atom. The first-order valence-corrected chi connectivity index (χ1v) is 10.0. The summed E-state index contributed by atoms with van der Waals surface area (Å²) in [5, 5.41) is 3.77. The molecule has 0 aliphatic heterocycles. The van der Waals surface area contributed by atoms with Crippen molar-refractivity contribution in [2.75, 3.05) is 13.6 Å². The number of nitrogens with one attached hydrogen (secondary N) is 2. The van der Waals surface area contributed by atoms with Crippen molar-refractivity contribution in [3.8, 4) is 0 Å². The van der Waals surface area contributed by atoms with Crippen LogP contribution in [0, 0.1) is 12.8 Å². The number of benzene rings is 2. The Labute approximate surface area is 170 Å². The van der Waals surface area contributed by atoms with Crippen molar-refractivity contribution in [3.63, 3.8) is 0 Å². The fourth-order valence-electron chi connectivity index (χ4n) is 3.66. The molecule has 3 aromatic rings. The van der Waals surface area contributed by atoms with Gasteiger partial charge in [0.05, 0.1) is 30.0 Å². The zero-order chi connectivity index (χ0) is 20.4.